The number of pyridine rings is 4. The fraction of sp³-hybridized carbons (Fsp3) is 0.255. The van der Waals surface area contributed by atoms with Gasteiger partial charge in [0, 0.05) is 153 Å². The monoisotopic (exact) mass is 1980 g/mol. The van der Waals surface area contributed by atoms with Crippen LogP contribution in [-0.2, 0) is 151 Å². The first-order chi connectivity index (χ1) is 37.6. The van der Waals surface area contributed by atoms with Crippen molar-refractivity contribution in [2.45, 2.75) is 85.8 Å². The van der Waals surface area contributed by atoms with Gasteiger partial charge in [0.15, 0.2) is 0 Å². The van der Waals surface area contributed by atoms with E-state index in [4.69, 9.17) is 0 Å². The number of hydrogen-bond donors (Lipinski definition) is 0. The van der Waals surface area contributed by atoms with Crippen LogP contribution in [0, 0.1) is 45.0 Å². The number of halogens is 11. The first-order valence-electron chi connectivity index (χ1n) is 23.3. The molecule has 5 radical (unpaired) electrons. The Bertz CT molecular complexity index is 3420. The number of alkyl halides is 11. The van der Waals surface area contributed by atoms with Crippen LogP contribution >= 0.6 is 0 Å². The number of aromatic nitrogens is 17. The fourth-order valence-electron chi connectivity index (χ4n) is 6.37. The molecular weight excluding hydrogens is 1930 g/mol. The first kappa shape index (κ1) is 76.1. The molecule has 10 heterocycles. The topological polar surface area (TPSA) is 179 Å². The number of nitrogens with zero attached hydrogens (tertiary/aromatic N) is 17. The summed E-state index contributed by atoms with van der Waals surface area (Å²) < 4.78 is 144. The van der Waals surface area contributed by atoms with Gasteiger partial charge in [0.25, 0.3) is 0 Å². The summed E-state index contributed by atoms with van der Waals surface area (Å²) in [5.74, 6) is 2.55. The van der Waals surface area contributed by atoms with Crippen molar-refractivity contribution in [2.24, 2.45) is 0 Å². The van der Waals surface area contributed by atoms with Crippen molar-refractivity contribution in [3.05, 3.63) is 198 Å². The minimum atomic E-state index is -5.17. The van der Waals surface area contributed by atoms with Gasteiger partial charge in [-0.25, -0.2) is 13.9 Å². The van der Waals surface area contributed by atoms with Crippen molar-refractivity contribution in [3.63, 3.8) is 0 Å². The van der Waals surface area contributed by atoms with Crippen LogP contribution in [0.3, 0.4) is 0 Å². The normalized spacial score (nSPS) is 10.6. The Balaban J connectivity index is 0.000000522. The van der Waals surface area contributed by atoms with Gasteiger partial charge >= 0.3 is 18.5 Å². The zero-order chi connectivity index (χ0) is 57.3. The van der Waals surface area contributed by atoms with Gasteiger partial charge in [0.05, 0.1) is 40.4 Å². The second kappa shape index (κ2) is 35.5. The SMILES string of the molecule is CCc1cccc(-n2[c-]cc(C(F)(F)F)c2C(F)(F)F)n1.CCc1cccc(-n2[c-]cnn2)n1.CCc1cccc(-n2[c-]nc(C)n2)n1.Cc1c[c-]n(-c2cccc(CF)n2)n1.FCc1cncc(-n2[c-]cc(C(F)(F)F)n2)n1.[Ir].[Ir].[Ir].[Ir].[Rh]. The number of hydrogen-bond acceptors (Lipinski definition) is 12. The molecule has 0 spiro atoms. The molecule has 0 amide bonds. The Labute approximate surface area is 540 Å². The van der Waals surface area contributed by atoms with E-state index < -0.39 is 48.8 Å². The standard InChI is InChI=1S/C13H9F6N2.C10H9FN3.C10H11N4.C9H5F4N4.C9H9N4.4Ir.Rh/c1-2-8-4-3-5-10(20-8)21-7-6-9(12(14,15)16)11(21)13(17,18)19;1-8-5-6-14(13-8)10-4-2-3-9(7-11)12-10;1-3-9-5-4-6-10(12-9)14-7-11-8(2)13-14;10-3-6-4-14-5-8(15-6)17-2-1-7(16-17)9(11,12)13;1-2-8-4-3-5-9(11-8)13-7-6-10-12-13;;;;;/h3-6H,2H2,1H3;2-5H,7H2,1H3;4-6H,3H2,1-2H3;1,4-5H,3H2;3-6H,2H2,1H3;;;;;/q5*-1;;;;;. The molecule has 0 bridgehead atoms. The van der Waals surface area contributed by atoms with E-state index in [2.05, 4.69) is 99.3 Å². The second-order valence-corrected chi connectivity index (χ2v) is 15.9. The Morgan fingerprint density at radius 3 is 1.42 bits per heavy atom. The molecule has 0 aliphatic rings. The van der Waals surface area contributed by atoms with Gasteiger partial charge in [-0.15, -0.1) is 30.5 Å². The molecule has 0 fully saturated rings. The van der Waals surface area contributed by atoms with Crippen molar-refractivity contribution >= 4 is 0 Å². The van der Waals surface area contributed by atoms with E-state index in [1.165, 1.54) is 40.1 Å². The molecule has 0 unspecified atom stereocenters. The molecule has 84 heavy (non-hydrogen) atoms. The maximum absolute atomic E-state index is 13.0. The van der Waals surface area contributed by atoms with Gasteiger partial charge in [0.2, 0.25) is 0 Å². The molecular formula is C51H43F11Ir4N17Rh-5. The molecule has 0 aliphatic carbocycles. The zero-order valence-electron chi connectivity index (χ0n) is 43.9. The fourth-order valence-corrected chi connectivity index (χ4v) is 6.37. The predicted molar refractivity (Wildman–Crippen MR) is 259 cm³/mol. The predicted octanol–water partition coefficient (Wildman–Crippen LogP) is 10.4. The molecule has 0 aromatic carbocycles. The van der Waals surface area contributed by atoms with Crippen LogP contribution in [0.15, 0.2) is 110 Å². The van der Waals surface area contributed by atoms with Gasteiger partial charge < -0.3 is 33.3 Å². The van der Waals surface area contributed by atoms with Crippen molar-refractivity contribution in [2.75, 3.05) is 0 Å². The zero-order valence-corrected chi connectivity index (χ0v) is 55.1. The number of aryl methyl sites for hydroxylation is 5. The van der Waals surface area contributed by atoms with Crippen molar-refractivity contribution in [1.29, 1.82) is 0 Å². The van der Waals surface area contributed by atoms with Crippen LogP contribution in [-0.4, -0.2) is 83.8 Å². The summed E-state index contributed by atoms with van der Waals surface area (Å²) in [6.07, 6.45) is 4.02. The third-order valence-electron chi connectivity index (χ3n) is 10.1. The van der Waals surface area contributed by atoms with Gasteiger partial charge in [-0.1, -0.05) is 94.0 Å². The summed E-state index contributed by atoms with van der Waals surface area (Å²) in [6, 6.07) is 23.8. The van der Waals surface area contributed by atoms with Crippen molar-refractivity contribution < 1.29 is 148 Å². The average Bonchev–Trinajstić information content (AvgIpc) is 4.41. The minimum absolute atomic E-state index is 0. The van der Waals surface area contributed by atoms with Gasteiger partial charge in [-0.05, 0) is 67.9 Å². The second-order valence-electron chi connectivity index (χ2n) is 15.9. The van der Waals surface area contributed by atoms with E-state index in [9.17, 15) is 48.3 Å². The molecule has 10 aromatic heterocycles. The number of rotatable bonds is 10. The summed E-state index contributed by atoms with van der Waals surface area (Å²) >= 11 is 0. The largest absolute Gasteiger partial charge is 0.425 e. The third-order valence-corrected chi connectivity index (χ3v) is 10.1. The maximum Gasteiger partial charge on any atom is 0.388 e. The summed E-state index contributed by atoms with van der Waals surface area (Å²) in [7, 11) is 0. The molecule has 0 aliphatic heterocycles. The maximum atomic E-state index is 13.0. The van der Waals surface area contributed by atoms with Crippen LogP contribution in [0.25, 0.3) is 29.1 Å². The summed E-state index contributed by atoms with van der Waals surface area (Å²) in [6.45, 7) is 8.15. The molecule has 0 atom stereocenters. The van der Waals surface area contributed by atoms with Crippen molar-refractivity contribution in [1.82, 2.24) is 83.8 Å². The minimum Gasteiger partial charge on any atom is -0.425 e. The Hall–Kier alpha value is -5.89. The van der Waals surface area contributed by atoms with E-state index in [-0.39, 0.29) is 123 Å². The summed E-state index contributed by atoms with van der Waals surface area (Å²) in [5.41, 5.74) is -0.859. The molecule has 0 N–H and O–H groups in total. The molecule has 10 aromatic rings. The van der Waals surface area contributed by atoms with Gasteiger partial charge in [-0.3, -0.25) is 35.1 Å². The molecule has 459 valence electrons. The average molecular weight is 1970 g/mol. The van der Waals surface area contributed by atoms with E-state index in [1.807, 2.05) is 56.4 Å². The van der Waals surface area contributed by atoms with Gasteiger partial charge in [-0.2, -0.15) is 44.6 Å². The summed E-state index contributed by atoms with van der Waals surface area (Å²) in [4.78, 5) is 28.0. The van der Waals surface area contributed by atoms with E-state index in [0.717, 1.165) is 46.2 Å². The molecule has 17 nitrogen and oxygen atoms in total. The summed E-state index contributed by atoms with van der Waals surface area (Å²) in [5, 5.41) is 19.0. The Morgan fingerprint density at radius 2 is 0.964 bits per heavy atom. The third kappa shape index (κ3) is 22.2. The van der Waals surface area contributed by atoms with Crippen LogP contribution in [0.5, 0.6) is 0 Å². The smallest absolute Gasteiger partial charge is 0.388 e. The van der Waals surface area contributed by atoms with E-state index in [1.54, 1.807) is 41.9 Å². The van der Waals surface area contributed by atoms with Crippen LogP contribution in [0.4, 0.5) is 48.3 Å². The van der Waals surface area contributed by atoms with Crippen LogP contribution in [0.1, 0.15) is 77.7 Å². The molecule has 0 saturated carbocycles. The van der Waals surface area contributed by atoms with E-state index in [0.29, 0.717) is 40.1 Å². The molecule has 0 saturated heterocycles. The quantitative estimate of drug-likeness (QED) is 0.0720. The molecule has 33 heteroatoms. The van der Waals surface area contributed by atoms with Crippen LogP contribution < -0.4 is 0 Å². The first-order valence-corrected chi connectivity index (χ1v) is 23.3. The van der Waals surface area contributed by atoms with E-state index >= 15 is 0 Å². The Morgan fingerprint density at radius 1 is 0.476 bits per heavy atom. The van der Waals surface area contributed by atoms with Crippen LogP contribution in [0.2, 0.25) is 0 Å². The molecule has 10 rings (SSSR count). The van der Waals surface area contributed by atoms with Crippen molar-refractivity contribution in [3.8, 4) is 29.1 Å². The Kier molecular flexibility index (Phi) is 32.2. The van der Waals surface area contributed by atoms with Gasteiger partial charge in [0.1, 0.15) is 13.3 Å².